The van der Waals surface area contributed by atoms with Crippen LogP contribution in [0.4, 0.5) is 0 Å². The van der Waals surface area contributed by atoms with Gasteiger partial charge in [-0.1, -0.05) is 18.2 Å². The van der Waals surface area contributed by atoms with E-state index in [-0.39, 0.29) is 24.2 Å². The normalized spacial score (nSPS) is 15.0. The minimum absolute atomic E-state index is 0.0337. The Hall–Kier alpha value is -2.63. The number of benzene rings is 1. The van der Waals surface area contributed by atoms with Gasteiger partial charge in [0.05, 0.1) is 6.20 Å². The van der Waals surface area contributed by atoms with Crippen molar-refractivity contribution in [2.75, 3.05) is 19.7 Å². The largest absolute Gasteiger partial charge is 0.484 e. The molecule has 1 aliphatic rings. The summed E-state index contributed by atoms with van der Waals surface area (Å²) in [4.78, 5) is 29.9. The number of carbonyl (C=O) groups is 2. The van der Waals surface area contributed by atoms with Crippen molar-refractivity contribution in [3.8, 4) is 5.75 Å². The minimum atomic E-state index is -0.0410. The molecule has 2 aromatic rings. The third-order valence-corrected chi connectivity index (χ3v) is 4.76. The highest BCUT2D eigenvalue weighted by Gasteiger charge is 2.23. The van der Waals surface area contributed by atoms with Crippen LogP contribution in [0.15, 0.2) is 47.2 Å². The van der Waals surface area contributed by atoms with Crippen LogP contribution in [0, 0.1) is 5.92 Å². The van der Waals surface area contributed by atoms with E-state index in [1.165, 1.54) is 12.5 Å². The molecule has 0 bridgehead atoms. The van der Waals surface area contributed by atoms with E-state index < -0.39 is 0 Å². The van der Waals surface area contributed by atoms with Crippen LogP contribution in [0.3, 0.4) is 0 Å². The molecule has 138 valence electrons. The quantitative estimate of drug-likeness (QED) is 0.678. The van der Waals surface area contributed by atoms with Gasteiger partial charge in [0.25, 0.3) is 11.8 Å². The van der Waals surface area contributed by atoms with Crippen LogP contribution in [0.5, 0.6) is 5.75 Å². The maximum absolute atomic E-state index is 12.3. The van der Waals surface area contributed by atoms with E-state index in [2.05, 4.69) is 4.98 Å². The summed E-state index contributed by atoms with van der Waals surface area (Å²) >= 11 is 0. The smallest absolute Gasteiger partial charge is 0.263 e. The summed E-state index contributed by atoms with van der Waals surface area (Å²) in [7, 11) is 0. The van der Waals surface area contributed by atoms with Crippen LogP contribution in [0.25, 0.3) is 0 Å². The molecular weight excluding hydrogens is 332 g/mol. The Morgan fingerprint density at radius 2 is 1.96 bits per heavy atom. The standard InChI is InChI=1S/C20H24N2O4/c23-18(20-21-11-14-25-20)8-4-5-16-9-12-22(13-10-16)19(24)15-26-17-6-2-1-3-7-17/h1-3,6-7,11,14,16H,4-5,8-10,12-13,15H2. The first kappa shape index (κ1) is 18.2. The number of hydrogen-bond donors (Lipinski definition) is 0. The number of Topliss-reactive ketones (excluding diaryl/α,β-unsaturated/α-hetero) is 1. The van der Waals surface area contributed by atoms with Gasteiger partial charge in [-0.05, 0) is 43.7 Å². The molecule has 1 aromatic carbocycles. The summed E-state index contributed by atoms with van der Waals surface area (Å²) in [5.41, 5.74) is 0. The number of carbonyl (C=O) groups excluding carboxylic acids is 2. The highest BCUT2D eigenvalue weighted by Crippen LogP contribution is 2.23. The number of nitrogens with zero attached hydrogens (tertiary/aromatic N) is 2. The highest BCUT2D eigenvalue weighted by atomic mass is 16.5. The third kappa shape index (κ3) is 5.18. The minimum Gasteiger partial charge on any atom is -0.484 e. The molecule has 0 saturated carbocycles. The number of ether oxygens (including phenoxy) is 1. The van der Waals surface area contributed by atoms with Gasteiger partial charge in [0.1, 0.15) is 12.0 Å². The van der Waals surface area contributed by atoms with E-state index in [1.54, 1.807) is 0 Å². The fraction of sp³-hybridized carbons (Fsp3) is 0.450. The van der Waals surface area contributed by atoms with Crippen molar-refractivity contribution in [3.05, 3.63) is 48.7 Å². The van der Waals surface area contributed by atoms with Crippen molar-refractivity contribution >= 4 is 11.7 Å². The number of amides is 1. The topological polar surface area (TPSA) is 72.6 Å². The Morgan fingerprint density at radius 3 is 2.65 bits per heavy atom. The van der Waals surface area contributed by atoms with E-state index in [0.717, 1.165) is 38.8 Å². The van der Waals surface area contributed by atoms with Crippen molar-refractivity contribution < 1.29 is 18.7 Å². The van der Waals surface area contributed by atoms with Gasteiger partial charge in [0, 0.05) is 19.5 Å². The first-order valence-electron chi connectivity index (χ1n) is 9.10. The lowest BCUT2D eigenvalue weighted by atomic mass is 9.91. The van der Waals surface area contributed by atoms with Gasteiger partial charge in [-0.3, -0.25) is 9.59 Å². The molecule has 2 heterocycles. The molecule has 6 nitrogen and oxygen atoms in total. The van der Waals surface area contributed by atoms with Crippen molar-refractivity contribution in [3.63, 3.8) is 0 Å². The molecule has 0 N–H and O–H groups in total. The first-order valence-corrected chi connectivity index (χ1v) is 9.10. The molecular formula is C20H24N2O4. The highest BCUT2D eigenvalue weighted by molar-refractivity contribution is 5.91. The molecule has 1 saturated heterocycles. The van der Waals surface area contributed by atoms with Gasteiger partial charge in [-0.15, -0.1) is 0 Å². The number of para-hydroxylation sites is 1. The van der Waals surface area contributed by atoms with Gasteiger partial charge >= 0.3 is 0 Å². The Labute approximate surface area is 153 Å². The summed E-state index contributed by atoms with van der Waals surface area (Å²) in [6, 6.07) is 9.38. The number of ketones is 1. The van der Waals surface area contributed by atoms with Gasteiger partial charge in [-0.25, -0.2) is 4.98 Å². The van der Waals surface area contributed by atoms with Gasteiger partial charge < -0.3 is 14.1 Å². The summed E-state index contributed by atoms with van der Waals surface area (Å²) in [6.45, 7) is 1.60. The molecule has 1 amide bonds. The number of oxazole rings is 1. The van der Waals surface area contributed by atoms with Crippen LogP contribution in [0.1, 0.15) is 42.8 Å². The molecule has 1 aromatic heterocycles. The third-order valence-electron chi connectivity index (χ3n) is 4.76. The zero-order valence-electron chi connectivity index (χ0n) is 14.8. The van der Waals surface area contributed by atoms with Crippen LogP contribution in [-0.4, -0.2) is 41.3 Å². The Bertz CT molecular complexity index is 692. The Kier molecular flexibility index (Phi) is 6.41. The molecule has 1 aliphatic heterocycles. The Morgan fingerprint density at radius 1 is 1.19 bits per heavy atom. The lowest BCUT2D eigenvalue weighted by Gasteiger charge is -2.32. The summed E-state index contributed by atoms with van der Waals surface area (Å²) in [5, 5.41) is 0. The molecule has 26 heavy (non-hydrogen) atoms. The lowest BCUT2D eigenvalue weighted by molar-refractivity contribution is -0.134. The van der Waals surface area contributed by atoms with Crippen molar-refractivity contribution in [2.24, 2.45) is 5.92 Å². The first-order chi connectivity index (χ1) is 12.7. The van der Waals surface area contributed by atoms with Crippen molar-refractivity contribution in [2.45, 2.75) is 32.1 Å². The SMILES string of the molecule is O=C(CCCC1CCN(C(=O)COc2ccccc2)CC1)c1ncco1. The molecule has 3 rings (SSSR count). The summed E-state index contributed by atoms with van der Waals surface area (Å²) in [6.07, 6.45) is 7.15. The monoisotopic (exact) mass is 356 g/mol. The van der Waals surface area contributed by atoms with Crippen LogP contribution < -0.4 is 4.74 Å². The molecule has 0 atom stereocenters. The zero-order chi connectivity index (χ0) is 18.2. The summed E-state index contributed by atoms with van der Waals surface area (Å²) in [5.74, 6) is 1.47. The zero-order valence-corrected chi connectivity index (χ0v) is 14.8. The molecule has 6 heteroatoms. The van der Waals surface area contributed by atoms with Crippen LogP contribution >= 0.6 is 0 Å². The van der Waals surface area contributed by atoms with E-state index in [9.17, 15) is 9.59 Å². The fourth-order valence-electron chi connectivity index (χ4n) is 3.24. The van der Waals surface area contributed by atoms with Crippen molar-refractivity contribution in [1.29, 1.82) is 0 Å². The molecule has 0 spiro atoms. The average molecular weight is 356 g/mol. The van der Waals surface area contributed by atoms with Crippen LogP contribution in [0.2, 0.25) is 0 Å². The number of likely N-dealkylation sites (tertiary alicyclic amines) is 1. The number of aromatic nitrogens is 1. The van der Waals surface area contributed by atoms with Crippen LogP contribution in [-0.2, 0) is 4.79 Å². The number of rotatable bonds is 8. The predicted molar refractivity (Wildman–Crippen MR) is 95.9 cm³/mol. The van der Waals surface area contributed by atoms with Crippen molar-refractivity contribution in [1.82, 2.24) is 9.88 Å². The number of piperidine rings is 1. The second kappa shape index (κ2) is 9.17. The maximum atomic E-state index is 12.3. The van der Waals surface area contributed by atoms with Gasteiger partial charge in [0.15, 0.2) is 6.61 Å². The molecule has 1 fully saturated rings. The van der Waals surface area contributed by atoms with Gasteiger partial charge in [-0.2, -0.15) is 0 Å². The number of hydrogen-bond acceptors (Lipinski definition) is 5. The Balaban J connectivity index is 1.32. The van der Waals surface area contributed by atoms with E-state index in [1.807, 2.05) is 35.2 Å². The molecule has 0 aliphatic carbocycles. The second-order valence-electron chi connectivity index (χ2n) is 6.58. The fourth-order valence-corrected chi connectivity index (χ4v) is 3.24. The molecule has 0 unspecified atom stereocenters. The lowest BCUT2D eigenvalue weighted by Crippen LogP contribution is -2.41. The summed E-state index contributed by atoms with van der Waals surface area (Å²) < 4.78 is 10.5. The van der Waals surface area contributed by atoms with E-state index >= 15 is 0 Å². The molecule has 0 radical (unpaired) electrons. The van der Waals surface area contributed by atoms with E-state index in [4.69, 9.17) is 9.15 Å². The second-order valence-corrected chi connectivity index (χ2v) is 6.58. The van der Waals surface area contributed by atoms with Gasteiger partial charge in [0.2, 0.25) is 5.78 Å². The average Bonchev–Trinajstić information content (AvgIpc) is 3.22. The predicted octanol–water partition coefficient (Wildman–Crippen LogP) is 3.35. The maximum Gasteiger partial charge on any atom is 0.263 e. The van der Waals surface area contributed by atoms with E-state index in [0.29, 0.717) is 18.1 Å².